The number of para-hydroxylation sites is 1. The maximum atomic E-state index is 13.9. The van der Waals surface area contributed by atoms with Gasteiger partial charge in [-0.2, -0.15) is 5.26 Å². The van der Waals surface area contributed by atoms with Gasteiger partial charge in [-0.25, -0.2) is 0 Å². The molecule has 0 radical (unpaired) electrons. The van der Waals surface area contributed by atoms with Gasteiger partial charge in [0, 0.05) is 5.39 Å². The first kappa shape index (κ1) is 18.7. The molecular formula is C26H19N3O2. The van der Waals surface area contributed by atoms with E-state index in [0.717, 1.165) is 22.0 Å². The number of pyridine rings is 1. The zero-order valence-corrected chi connectivity index (χ0v) is 16.7. The Morgan fingerprint density at radius 1 is 0.935 bits per heavy atom. The summed E-state index contributed by atoms with van der Waals surface area (Å²) in [6, 6.07) is 29.1. The van der Waals surface area contributed by atoms with Gasteiger partial charge >= 0.3 is 0 Å². The number of nitrogens with zero attached hydrogens (tertiary/aromatic N) is 2. The van der Waals surface area contributed by atoms with Crippen LogP contribution in [-0.2, 0) is 6.54 Å². The van der Waals surface area contributed by atoms with Crippen molar-refractivity contribution >= 4 is 10.9 Å². The van der Waals surface area contributed by atoms with Gasteiger partial charge in [-0.05, 0) is 23.3 Å². The number of benzene rings is 3. The van der Waals surface area contributed by atoms with Gasteiger partial charge in [-0.15, -0.1) is 0 Å². The summed E-state index contributed by atoms with van der Waals surface area (Å²) < 4.78 is 7.66. The van der Waals surface area contributed by atoms with Crippen molar-refractivity contribution in [3.05, 3.63) is 123 Å². The first-order chi connectivity index (χ1) is 15.2. The Bertz CT molecular complexity index is 1410. The third-order valence-electron chi connectivity index (χ3n) is 5.65. The third kappa shape index (κ3) is 3.06. The normalized spacial score (nSPS) is 15.3. The summed E-state index contributed by atoms with van der Waals surface area (Å²) in [4.78, 5) is 13.9. The summed E-state index contributed by atoms with van der Waals surface area (Å²) in [7, 11) is 0. The molecule has 2 heterocycles. The molecule has 1 unspecified atom stereocenters. The van der Waals surface area contributed by atoms with E-state index in [4.69, 9.17) is 10.5 Å². The summed E-state index contributed by atoms with van der Waals surface area (Å²) in [5.74, 6) is -0.126. The zero-order chi connectivity index (χ0) is 21.4. The van der Waals surface area contributed by atoms with Crippen LogP contribution in [0.2, 0.25) is 0 Å². The molecule has 4 aromatic rings. The average molecular weight is 405 g/mol. The van der Waals surface area contributed by atoms with Crippen molar-refractivity contribution in [3.8, 4) is 11.8 Å². The van der Waals surface area contributed by atoms with Crippen molar-refractivity contribution in [2.45, 2.75) is 12.5 Å². The minimum atomic E-state index is -0.589. The fraction of sp³-hybridized carbons (Fsp3) is 0.0769. The zero-order valence-electron chi connectivity index (χ0n) is 16.7. The summed E-state index contributed by atoms with van der Waals surface area (Å²) >= 11 is 0. The number of hydrogen-bond donors (Lipinski definition) is 1. The molecule has 3 aromatic carbocycles. The molecule has 1 aliphatic heterocycles. The van der Waals surface area contributed by atoms with Crippen molar-refractivity contribution in [1.82, 2.24) is 4.57 Å². The number of ether oxygens (including phenoxy) is 1. The Morgan fingerprint density at radius 2 is 1.58 bits per heavy atom. The third-order valence-corrected chi connectivity index (χ3v) is 5.65. The van der Waals surface area contributed by atoms with E-state index in [1.165, 1.54) is 0 Å². The second-order valence-corrected chi connectivity index (χ2v) is 7.47. The molecule has 0 saturated heterocycles. The van der Waals surface area contributed by atoms with Crippen LogP contribution in [0.4, 0.5) is 0 Å². The minimum Gasteiger partial charge on any atom is -0.439 e. The van der Waals surface area contributed by atoms with Crippen LogP contribution in [0.3, 0.4) is 0 Å². The second-order valence-electron chi connectivity index (χ2n) is 7.47. The van der Waals surface area contributed by atoms with E-state index in [1.807, 2.05) is 84.9 Å². The Morgan fingerprint density at radius 3 is 2.29 bits per heavy atom. The van der Waals surface area contributed by atoms with Crippen LogP contribution < -0.4 is 16.0 Å². The molecule has 0 bridgehead atoms. The standard InChI is InChI=1S/C26H19N3O2/c27-15-20-22(18-11-5-2-6-12-18)23-24(31-25(20)28)19-13-7-8-14-21(19)29(26(23)30)16-17-9-3-1-4-10-17/h1-14,22H,16,28H2. The lowest BCUT2D eigenvalue weighted by molar-refractivity contribution is 0.395. The van der Waals surface area contributed by atoms with Crippen molar-refractivity contribution in [1.29, 1.82) is 5.26 Å². The molecule has 31 heavy (non-hydrogen) atoms. The first-order valence-corrected chi connectivity index (χ1v) is 10.0. The number of hydrogen-bond acceptors (Lipinski definition) is 4. The topological polar surface area (TPSA) is 81.0 Å². The molecule has 5 heteroatoms. The summed E-state index contributed by atoms with van der Waals surface area (Å²) in [6.45, 7) is 0.413. The van der Waals surface area contributed by atoms with Crippen LogP contribution in [-0.4, -0.2) is 4.57 Å². The maximum absolute atomic E-state index is 13.9. The first-order valence-electron chi connectivity index (χ1n) is 10.0. The van der Waals surface area contributed by atoms with Crippen molar-refractivity contribution in [3.63, 3.8) is 0 Å². The Hall–Kier alpha value is -4.30. The van der Waals surface area contributed by atoms with E-state index < -0.39 is 5.92 Å². The molecule has 0 saturated carbocycles. The fourth-order valence-electron chi connectivity index (χ4n) is 4.24. The average Bonchev–Trinajstić information content (AvgIpc) is 2.82. The van der Waals surface area contributed by atoms with Crippen LogP contribution in [0.15, 0.2) is 101 Å². The molecule has 0 fully saturated rings. The summed E-state index contributed by atoms with van der Waals surface area (Å²) in [5, 5.41) is 10.6. The van der Waals surface area contributed by atoms with E-state index in [2.05, 4.69) is 6.07 Å². The number of nitriles is 1. The van der Waals surface area contributed by atoms with Crippen LogP contribution in [0, 0.1) is 11.3 Å². The minimum absolute atomic E-state index is 0.0363. The van der Waals surface area contributed by atoms with Gasteiger partial charge in [0.05, 0.1) is 23.5 Å². The lowest BCUT2D eigenvalue weighted by atomic mass is 9.83. The Labute approximate surface area is 179 Å². The maximum Gasteiger partial charge on any atom is 0.259 e. The monoisotopic (exact) mass is 405 g/mol. The van der Waals surface area contributed by atoms with E-state index in [9.17, 15) is 10.1 Å². The molecule has 0 aliphatic carbocycles. The van der Waals surface area contributed by atoms with E-state index in [1.54, 1.807) is 4.57 Å². The summed E-state index contributed by atoms with van der Waals surface area (Å²) in [5.41, 5.74) is 9.25. The lowest BCUT2D eigenvalue weighted by Crippen LogP contribution is -2.32. The number of rotatable bonds is 3. The van der Waals surface area contributed by atoms with Gasteiger partial charge in [0.2, 0.25) is 5.88 Å². The molecular weight excluding hydrogens is 386 g/mol. The molecule has 1 atom stereocenters. The lowest BCUT2D eigenvalue weighted by Gasteiger charge is -2.28. The number of allylic oxidation sites excluding steroid dienone is 1. The molecule has 1 aliphatic rings. The number of fused-ring (bicyclic) bond motifs is 3. The van der Waals surface area contributed by atoms with Gasteiger partial charge in [0.15, 0.2) is 0 Å². The number of nitrogens with two attached hydrogens (primary N) is 1. The van der Waals surface area contributed by atoms with Gasteiger partial charge in [-0.1, -0.05) is 72.8 Å². The highest BCUT2D eigenvalue weighted by molar-refractivity contribution is 5.88. The molecule has 5 rings (SSSR count). The Balaban J connectivity index is 1.85. The van der Waals surface area contributed by atoms with E-state index in [-0.39, 0.29) is 17.0 Å². The predicted octanol–water partition coefficient (Wildman–Crippen LogP) is 4.27. The fourth-order valence-corrected chi connectivity index (χ4v) is 4.24. The van der Waals surface area contributed by atoms with Crippen LogP contribution >= 0.6 is 0 Å². The molecule has 150 valence electrons. The molecule has 0 amide bonds. The highest BCUT2D eigenvalue weighted by atomic mass is 16.5. The van der Waals surface area contributed by atoms with Crippen LogP contribution in [0.5, 0.6) is 5.75 Å². The molecule has 2 N–H and O–H groups in total. The SMILES string of the molecule is N#CC1=C(N)Oc2c(c(=O)n(Cc3ccccc3)c3ccccc23)C1c1ccccc1. The quantitative estimate of drug-likeness (QED) is 0.552. The largest absolute Gasteiger partial charge is 0.439 e. The van der Waals surface area contributed by atoms with Crippen LogP contribution in [0.1, 0.15) is 22.6 Å². The summed E-state index contributed by atoms with van der Waals surface area (Å²) in [6.07, 6.45) is 0. The molecule has 5 nitrogen and oxygen atoms in total. The Kier molecular flexibility index (Phi) is 4.53. The molecule has 0 spiro atoms. The van der Waals surface area contributed by atoms with Gasteiger partial charge < -0.3 is 15.0 Å². The van der Waals surface area contributed by atoms with Gasteiger partial charge in [0.25, 0.3) is 5.56 Å². The highest BCUT2D eigenvalue weighted by Gasteiger charge is 2.35. The highest BCUT2D eigenvalue weighted by Crippen LogP contribution is 2.43. The van der Waals surface area contributed by atoms with Crippen LogP contribution in [0.25, 0.3) is 10.9 Å². The van der Waals surface area contributed by atoms with E-state index in [0.29, 0.717) is 17.9 Å². The van der Waals surface area contributed by atoms with Gasteiger partial charge in [-0.3, -0.25) is 4.79 Å². The molecule has 1 aromatic heterocycles. The number of aromatic nitrogens is 1. The second kappa shape index (κ2) is 7.51. The van der Waals surface area contributed by atoms with E-state index >= 15 is 0 Å². The van der Waals surface area contributed by atoms with Crippen molar-refractivity contribution in [2.24, 2.45) is 5.73 Å². The van der Waals surface area contributed by atoms with Gasteiger partial charge in [0.1, 0.15) is 17.4 Å². The van der Waals surface area contributed by atoms with Crippen molar-refractivity contribution < 1.29 is 4.74 Å². The smallest absolute Gasteiger partial charge is 0.259 e. The van der Waals surface area contributed by atoms with Crippen molar-refractivity contribution in [2.75, 3.05) is 0 Å². The predicted molar refractivity (Wildman–Crippen MR) is 119 cm³/mol.